The number of halogens is 1. The number of ether oxygens (including phenoxy) is 1. The van der Waals surface area contributed by atoms with Crippen LogP contribution in [0.4, 0.5) is 5.69 Å². The van der Waals surface area contributed by atoms with E-state index in [-0.39, 0.29) is 5.91 Å². The van der Waals surface area contributed by atoms with Gasteiger partial charge in [0.15, 0.2) is 5.82 Å². The van der Waals surface area contributed by atoms with Gasteiger partial charge in [-0.3, -0.25) is 19.2 Å². The molecule has 1 saturated heterocycles. The molecule has 0 atom stereocenters. The first-order valence-electron chi connectivity index (χ1n) is 10.2. The molecule has 0 radical (unpaired) electrons. The first kappa shape index (κ1) is 21.3. The van der Waals surface area contributed by atoms with Crippen LogP contribution in [0.1, 0.15) is 5.82 Å². The van der Waals surface area contributed by atoms with Crippen molar-refractivity contribution < 1.29 is 9.53 Å². The topological polar surface area (TPSA) is 75.5 Å². The number of hydrogen-bond acceptors (Lipinski definition) is 6. The second-order valence-corrected chi connectivity index (χ2v) is 7.78. The number of aromatic nitrogens is 3. The van der Waals surface area contributed by atoms with Crippen LogP contribution in [0.25, 0.3) is 5.69 Å². The van der Waals surface area contributed by atoms with Crippen molar-refractivity contribution in [2.24, 2.45) is 0 Å². The van der Waals surface area contributed by atoms with Gasteiger partial charge in [-0.2, -0.15) is 0 Å². The van der Waals surface area contributed by atoms with E-state index in [4.69, 9.17) is 16.3 Å². The Morgan fingerprint density at radius 2 is 1.77 bits per heavy atom. The zero-order chi connectivity index (χ0) is 21.6. The van der Waals surface area contributed by atoms with Crippen molar-refractivity contribution in [3.63, 3.8) is 0 Å². The molecule has 0 unspecified atom stereocenters. The SMILES string of the molecule is COc1ccccc1-n1cnnc1CN1CCN(CC(=O)Nc2ccccc2Cl)CC1. The lowest BCUT2D eigenvalue weighted by Crippen LogP contribution is -2.48. The summed E-state index contributed by atoms with van der Waals surface area (Å²) in [6.45, 7) is 4.32. The Kier molecular flexibility index (Phi) is 6.81. The Morgan fingerprint density at radius 3 is 2.55 bits per heavy atom. The summed E-state index contributed by atoms with van der Waals surface area (Å²) in [5.74, 6) is 1.57. The van der Waals surface area contributed by atoms with Crippen molar-refractivity contribution in [1.29, 1.82) is 0 Å². The van der Waals surface area contributed by atoms with Crippen LogP contribution < -0.4 is 10.1 Å². The van der Waals surface area contributed by atoms with Gasteiger partial charge >= 0.3 is 0 Å². The van der Waals surface area contributed by atoms with Crippen molar-refractivity contribution >= 4 is 23.2 Å². The summed E-state index contributed by atoms with van der Waals surface area (Å²) >= 11 is 6.12. The molecule has 1 amide bonds. The summed E-state index contributed by atoms with van der Waals surface area (Å²) in [4.78, 5) is 16.8. The molecular weight excluding hydrogens is 416 g/mol. The van der Waals surface area contributed by atoms with Crippen LogP contribution in [-0.2, 0) is 11.3 Å². The highest BCUT2D eigenvalue weighted by Gasteiger charge is 2.21. The summed E-state index contributed by atoms with van der Waals surface area (Å²) in [6, 6.07) is 15.1. The van der Waals surface area contributed by atoms with E-state index >= 15 is 0 Å². The van der Waals surface area contributed by atoms with E-state index < -0.39 is 0 Å². The quantitative estimate of drug-likeness (QED) is 0.608. The molecule has 0 spiro atoms. The molecule has 2 aromatic carbocycles. The number of piperazine rings is 1. The van der Waals surface area contributed by atoms with Gasteiger partial charge in [-0.15, -0.1) is 10.2 Å². The normalized spacial score (nSPS) is 15.0. The third-order valence-corrected chi connectivity index (χ3v) is 5.64. The Labute approximate surface area is 186 Å². The third-order valence-electron chi connectivity index (χ3n) is 5.31. The van der Waals surface area contributed by atoms with E-state index in [0.717, 1.165) is 43.4 Å². The summed E-state index contributed by atoms with van der Waals surface area (Å²) in [5, 5.41) is 11.8. The maximum atomic E-state index is 12.4. The Morgan fingerprint density at radius 1 is 1.06 bits per heavy atom. The summed E-state index contributed by atoms with van der Waals surface area (Å²) in [6.07, 6.45) is 1.71. The number of benzene rings is 2. The lowest BCUT2D eigenvalue weighted by molar-refractivity contribution is -0.117. The number of nitrogens with one attached hydrogen (secondary N) is 1. The minimum Gasteiger partial charge on any atom is -0.495 e. The van der Waals surface area contributed by atoms with Crippen LogP contribution in [0.5, 0.6) is 5.75 Å². The van der Waals surface area contributed by atoms with E-state index in [1.165, 1.54) is 0 Å². The maximum absolute atomic E-state index is 12.4. The second kappa shape index (κ2) is 9.91. The predicted molar refractivity (Wildman–Crippen MR) is 120 cm³/mol. The molecule has 9 heteroatoms. The van der Waals surface area contributed by atoms with Crippen LogP contribution >= 0.6 is 11.6 Å². The monoisotopic (exact) mass is 440 g/mol. The third kappa shape index (κ3) is 5.22. The largest absolute Gasteiger partial charge is 0.495 e. The van der Waals surface area contributed by atoms with E-state index in [1.54, 1.807) is 25.6 Å². The second-order valence-electron chi connectivity index (χ2n) is 7.37. The van der Waals surface area contributed by atoms with Gasteiger partial charge in [0.1, 0.15) is 12.1 Å². The first-order valence-corrected chi connectivity index (χ1v) is 10.5. The molecule has 31 heavy (non-hydrogen) atoms. The molecule has 162 valence electrons. The summed E-state index contributed by atoms with van der Waals surface area (Å²) in [5.41, 5.74) is 1.56. The molecule has 0 bridgehead atoms. The Hall–Kier alpha value is -2.94. The Balaban J connectivity index is 1.31. The lowest BCUT2D eigenvalue weighted by atomic mass is 10.2. The van der Waals surface area contributed by atoms with Gasteiger partial charge in [-0.05, 0) is 24.3 Å². The molecular formula is C22H25ClN6O2. The van der Waals surface area contributed by atoms with Gasteiger partial charge < -0.3 is 10.1 Å². The molecule has 0 saturated carbocycles. The van der Waals surface area contributed by atoms with Gasteiger partial charge in [0, 0.05) is 26.2 Å². The molecule has 1 fully saturated rings. The van der Waals surface area contributed by atoms with Crippen molar-refractivity contribution in [3.8, 4) is 11.4 Å². The lowest BCUT2D eigenvalue weighted by Gasteiger charge is -2.34. The van der Waals surface area contributed by atoms with Crippen molar-refractivity contribution in [3.05, 3.63) is 65.7 Å². The summed E-state index contributed by atoms with van der Waals surface area (Å²) in [7, 11) is 1.66. The molecule has 4 rings (SSSR count). The number of anilines is 1. The molecule has 1 N–H and O–H groups in total. The van der Waals surface area contributed by atoms with Crippen molar-refractivity contribution in [2.75, 3.05) is 45.2 Å². The molecule has 2 heterocycles. The van der Waals surface area contributed by atoms with Crippen molar-refractivity contribution in [1.82, 2.24) is 24.6 Å². The van der Waals surface area contributed by atoms with Gasteiger partial charge in [0.2, 0.25) is 5.91 Å². The number of methoxy groups -OCH3 is 1. The van der Waals surface area contributed by atoms with Gasteiger partial charge in [-0.1, -0.05) is 35.9 Å². The van der Waals surface area contributed by atoms with Crippen LogP contribution in [0, 0.1) is 0 Å². The number of amides is 1. The number of hydrogen-bond donors (Lipinski definition) is 1. The van der Waals surface area contributed by atoms with Crippen LogP contribution in [0.3, 0.4) is 0 Å². The predicted octanol–water partition coefficient (Wildman–Crippen LogP) is 2.69. The fraction of sp³-hybridized carbons (Fsp3) is 0.318. The molecule has 1 aliphatic rings. The van der Waals surface area contributed by atoms with E-state index in [9.17, 15) is 4.79 Å². The van der Waals surface area contributed by atoms with E-state index in [1.807, 2.05) is 41.0 Å². The van der Waals surface area contributed by atoms with Crippen LogP contribution in [0.15, 0.2) is 54.9 Å². The highest BCUT2D eigenvalue weighted by Crippen LogP contribution is 2.23. The fourth-order valence-corrected chi connectivity index (χ4v) is 3.84. The van der Waals surface area contributed by atoms with Gasteiger partial charge in [0.05, 0.1) is 36.6 Å². The number of para-hydroxylation sites is 3. The number of carbonyl (C=O) groups excluding carboxylic acids is 1. The zero-order valence-corrected chi connectivity index (χ0v) is 18.1. The fourth-order valence-electron chi connectivity index (χ4n) is 3.66. The minimum atomic E-state index is -0.0579. The number of nitrogens with zero attached hydrogens (tertiary/aromatic N) is 5. The molecule has 1 aliphatic heterocycles. The number of rotatable bonds is 7. The Bertz CT molecular complexity index is 1030. The molecule has 8 nitrogen and oxygen atoms in total. The first-order chi connectivity index (χ1) is 15.1. The van der Waals surface area contributed by atoms with Crippen LogP contribution in [-0.4, -0.2) is 70.3 Å². The molecule has 0 aliphatic carbocycles. The van der Waals surface area contributed by atoms with E-state index in [2.05, 4.69) is 25.3 Å². The number of carbonyl (C=O) groups is 1. The molecule has 3 aromatic rings. The van der Waals surface area contributed by atoms with Crippen molar-refractivity contribution in [2.45, 2.75) is 6.54 Å². The van der Waals surface area contributed by atoms with E-state index in [0.29, 0.717) is 23.8 Å². The van der Waals surface area contributed by atoms with Gasteiger partial charge in [-0.25, -0.2) is 0 Å². The highest BCUT2D eigenvalue weighted by molar-refractivity contribution is 6.33. The highest BCUT2D eigenvalue weighted by atomic mass is 35.5. The van der Waals surface area contributed by atoms with Gasteiger partial charge in [0.25, 0.3) is 0 Å². The maximum Gasteiger partial charge on any atom is 0.238 e. The summed E-state index contributed by atoms with van der Waals surface area (Å²) < 4.78 is 7.43. The van der Waals surface area contributed by atoms with Crippen LogP contribution in [0.2, 0.25) is 5.02 Å². The average Bonchev–Trinajstić information content (AvgIpc) is 3.24. The minimum absolute atomic E-state index is 0.0579. The smallest absolute Gasteiger partial charge is 0.238 e. The standard InChI is InChI=1S/C22H25ClN6O2/c1-31-20-9-5-4-8-19(20)29-16-24-26-21(29)14-27-10-12-28(13-11-27)15-22(30)25-18-7-3-2-6-17(18)23/h2-9,16H,10-15H2,1H3,(H,25,30). The average molecular weight is 441 g/mol. The molecule has 1 aromatic heterocycles. The zero-order valence-electron chi connectivity index (χ0n) is 17.4.